The maximum atomic E-state index is 9.89. The molecule has 17 heavy (non-hydrogen) atoms. The molecule has 0 aliphatic rings. The van der Waals surface area contributed by atoms with Crippen LogP contribution in [-0.4, -0.2) is 13.1 Å². The first kappa shape index (κ1) is 11.4. The summed E-state index contributed by atoms with van der Waals surface area (Å²) in [7, 11) is 0. The Morgan fingerprint density at radius 1 is 0.882 bits per heavy atom. The van der Waals surface area contributed by atoms with Crippen LogP contribution >= 0.6 is 0 Å². The number of carbonyl (C=O) groups excluding carboxylic acids is 1. The molecule has 2 rings (SSSR count). The number of rotatable bonds is 5. The average Bonchev–Trinajstić information content (AvgIpc) is 2.41. The quantitative estimate of drug-likeness (QED) is 0.731. The van der Waals surface area contributed by atoms with E-state index >= 15 is 0 Å². The topological polar surface area (TPSA) is 26.3 Å². The summed E-state index contributed by atoms with van der Waals surface area (Å²) in [6, 6.07) is 18.5. The van der Waals surface area contributed by atoms with Gasteiger partial charge in [0.2, 0.25) is 0 Å². The van der Waals surface area contributed by atoms with Crippen LogP contribution in [0.3, 0.4) is 0 Å². The highest BCUT2D eigenvalue weighted by Crippen LogP contribution is 2.19. The van der Waals surface area contributed by atoms with E-state index in [-0.39, 0.29) is 0 Å². The predicted octanol–water partition coefficient (Wildman–Crippen LogP) is 2.98. The molecule has 2 aromatic rings. The van der Waals surface area contributed by atoms with Gasteiger partial charge in [-0.25, -0.2) is 4.79 Å². The van der Waals surface area contributed by atoms with Crippen LogP contribution in [0.5, 0.6) is 0 Å². The molecule has 2 aromatic carbocycles. The Kier molecular flexibility index (Phi) is 3.92. The van der Waals surface area contributed by atoms with E-state index in [4.69, 9.17) is 0 Å². The second-order valence-electron chi connectivity index (χ2n) is 3.74. The van der Waals surface area contributed by atoms with Crippen molar-refractivity contribution in [3.05, 3.63) is 60.2 Å². The molecule has 0 saturated heterocycles. The summed E-state index contributed by atoms with van der Waals surface area (Å²) in [4.78, 5) is 9.89. The predicted molar refractivity (Wildman–Crippen MR) is 67.2 cm³/mol. The molecule has 0 unspecified atom stereocenters. The van der Waals surface area contributed by atoms with E-state index in [1.54, 1.807) is 0 Å². The van der Waals surface area contributed by atoms with Crippen molar-refractivity contribution in [2.24, 2.45) is 0 Å². The van der Waals surface area contributed by atoms with Gasteiger partial charge >= 0.3 is 6.47 Å². The summed E-state index contributed by atoms with van der Waals surface area (Å²) in [6.07, 6.45) is 0.726. The highest BCUT2D eigenvalue weighted by atomic mass is 16.5. The monoisotopic (exact) mass is 225 g/mol. The number of hydrogen-bond acceptors (Lipinski definition) is 2. The van der Waals surface area contributed by atoms with E-state index in [1.807, 2.05) is 18.2 Å². The first-order chi connectivity index (χ1) is 8.40. The van der Waals surface area contributed by atoms with Gasteiger partial charge in [-0.15, -0.1) is 0 Å². The van der Waals surface area contributed by atoms with E-state index < -0.39 is 0 Å². The molecule has 0 N–H and O–H groups in total. The third-order valence-electron chi connectivity index (χ3n) is 2.61. The SMILES string of the molecule is O=[C]OCCc1ccc(-c2ccccc2)cc1. The van der Waals surface area contributed by atoms with Gasteiger partial charge in [0, 0.05) is 6.42 Å². The van der Waals surface area contributed by atoms with Gasteiger partial charge in [0.15, 0.2) is 0 Å². The molecule has 2 heteroatoms. The Labute approximate surface area is 101 Å². The van der Waals surface area contributed by atoms with Crippen molar-refractivity contribution in [1.82, 2.24) is 0 Å². The Balaban J connectivity index is 2.05. The van der Waals surface area contributed by atoms with Crippen molar-refractivity contribution in [2.45, 2.75) is 6.42 Å². The molecule has 0 aliphatic carbocycles. The zero-order valence-corrected chi connectivity index (χ0v) is 9.43. The van der Waals surface area contributed by atoms with Crippen LogP contribution in [0.2, 0.25) is 0 Å². The zero-order valence-electron chi connectivity index (χ0n) is 9.43. The molecule has 0 aliphatic heterocycles. The maximum absolute atomic E-state index is 9.89. The molecule has 1 radical (unpaired) electrons. The van der Waals surface area contributed by atoms with Gasteiger partial charge in [0.05, 0.1) is 6.61 Å². The first-order valence-electron chi connectivity index (χ1n) is 5.53. The summed E-state index contributed by atoms with van der Waals surface area (Å²) in [6.45, 7) is 1.81. The molecule has 85 valence electrons. The maximum Gasteiger partial charge on any atom is 0.417 e. The van der Waals surface area contributed by atoms with Crippen LogP contribution in [0.1, 0.15) is 5.56 Å². The Morgan fingerprint density at radius 2 is 1.53 bits per heavy atom. The van der Waals surface area contributed by atoms with Gasteiger partial charge in [-0.05, 0) is 16.7 Å². The molecular weight excluding hydrogens is 212 g/mol. The number of ether oxygens (including phenoxy) is 1. The van der Waals surface area contributed by atoms with E-state index in [0.29, 0.717) is 6.61 Å². The average molecular weight is 225 g/mol. The Morgan fingerprint density at radius 3 is 2.18 bits per heavy atom. The third kappa shape index (κ3) is 3.18. The fourth-order valence-electron chi connectivity index (χ4n) is 1.71. The minimum atomic E-state index is 0.383. The first-order valence-corrected chi connectivity index (χ1v) is 5.53. The Bertz CT molecular complexity index is 460. The summed E-state index contributed by atoms with van der Waals surface area (Å²) >= 11 is 0. The summed E-state index contributed by atoms with van der Waals surface area (Å²) in [5.74, 6) is 0. The molecule has 2 nitrogen and oxygen atoms in total. The molecular formula is C15H13O2. The van der Waals surface area contributed by atoms with Crippen molar-refractivity contribution >= 4 is 6.47 Å². The van der Waals surface area contributed by atoms with Gasteiger partial charge in [-0.1, -0.05) is 54.6 Å². The molecule has 0 spiro atoms. The van der Waals surface area contributed by atoms with E-state index in [2.05, 4.69) is 41.1 Å². The molecule has 0 amide bonds. The van der Waals surface area contributed by atoms with Crippen molar-refractivity contribution in [2.75, 3.05) is 6.61 Å². The summed E-state index contributed by atoms with van der Waals surface area (Å²) in [5, 5.41) is 0. The highest BCUT2D eigenvalue weighted by molar-refractivity contribution is 5.63. The summed E-state index contributed by atoms with van der Waals surface area (Å²) in [5.41, 5.74) is 3.55. The van der Waals surface area contributed by atoms with Crippen LogP contribution in [0.15, 0.2) is 54.6 Å². The number of hydrogen-bond donors (Lipinski definition) is 0. The molecule has 0 atom stereocenters. The minimum Gasteiger partial charge on any atom is -0.457 e. The molecule has 0 fully saturated rings. The number of benzene rings is 2. The van der Waals surface area contributed by atoms with E-state index in [1.165, 1.54) is 17.6 Å². The smallest absolute Gasteiger partial charge is 0.417 e. The van der Waals surface area contributed by atoms with Gasteiger partial charge in [-0.2, -0.15) is 0 Å². The van der Waals surface area contributed by atoms with Crippen molar-refractivity contribution in [3.8, 4) is 11.1 Å². The fourth-order valence-corrected chi connectivity index (χ4v) is 1.71. The van der Waals surface area contributed by atoms with Gasteiger partial charge in [0.1, 0.15) is 0 Å². The minimum absolute atomic E-state index is 0.383. The summed E-state index contributed by atoms with van der Waals surface area (Å²) < 4.78 is 4.55. The lowest BCUT2D eigenvalue weighted by Gasteiger charge is -2.03. The lowest BCUT2D eigenvalue weighted by Crippen LogP contribution is -1.96. The van der Waals surface area contributed by atoms with E-state index in [9.17, 15) is 4.79 Å². The van der Waals surface area contributed by atoms with Gasteiger partial charge in [0.25, 0.3) is 0 Å². The second kappa shape index (κ2) is 5.85. The van der Waals surface area contributed by atoms with E-state index in [0.717, 1.165) is 12.0 Å². The van der Waals surface area contributed by atoms with Crippen LogP contribution in [0.25, 0.3) is 11.1 Å². The molecule has 0 bridgehead atoms. The second-order valence-corrected chi connectivity index (χ2v) is 3.74. The van der Waals surface area contributed by atoms with Crippen LogP contribution in [-0.2, 0) is 16.0 Å². The van der Waals surface area contributed by atoms with Crippen molar-refractivity contribution < 1.29 is 9.53 Å². The van der Waals surface area contributed by atoms with Gasteiger partial charge < -0.3 is 4.74 Å². The standard InChI is InChI=1S/C15H13O2/c16-12-17-11-10-13-6-8-15(9-7-13)14-4-2-1-3-5-14/h1-9H,10-11H2. The van der Waals surface area contributed by atoms with Crippen molar-refractivity contribution in [1.29, 1.82) is 0 Å². The Hall–Kier alpha value is -2.09. The molecule has 0 aromatic heterocycles. The third-order valence-corrected chi connectivity index (χ3v) is 2.61. The van der Waals surface area contributed by atoms with Gasteiger partial charge in [-0.3, -0.25) is 0 Å². The van der Waals surface area contributed by atoms with Crippen LogP contribution in [0.4, 0.5) is 0 Å². The van der Waals surface area contributed by atoms with Crippen LogP contribution < -0.4 is 0 Å². The highest BCUT2D eigenvalue weighted by Gasteiger charge is 1.97. The van der Waals surface area contributed by atoms with Crippen molar-refractivity contribution in [3.63, 3.8) is 0 Å². The normalized spacial score (nSPS) is 9.88. The zero-order chi connectivity index (χ0) is 11.9. The molecule has 0 saturated carbocycles. The molecule has 0 heterocycles. The van der Waals surface area contributed by atoms with Crippen LogP contribution in [0, 0.1) is 0 Å². The largest absolute Gasteiger partial charge is 0.457 e. The lowest BCUT2D eigenvalue weighted by molar-refractivity contribution is 0.282. The fraction of sp³-hybridized carbons (Fsp3) is 0.133. The lowest BCUT2D eigenvalue weighted by atomic mass is 10.0.